The van der Waals surface area contributed by atoms with Gasteiger partial charge in [0.25, 0.3) is 11.1 Å². The van der Waals surface area contributed by atoms with Crippen LogP contribution in [0.2, 0.25) is 0 Å². The molecule has 4 aromatic rings. The molecule has 148 valence electrons. The van der Waals surface area contributed by atoms with Crippen molar-refractivity contribution >= 4 is 17.3 Å². The Morgan fingerprint density at radius 1 is 0.897 bits per heavy atom. The zero-order valence-corrected chi connectivity index (χ0v) is 16.5. The summed E-state index contributed by atoms with van der Waals surface area (Å²) in [6.45, 7) is 3.54. The number of ether oxygens (including phenoxy) is 1. The van der Waals surface area contributed by atoms with Gasteiger partial charge in [0.2, 0.25) is 0 Å². The van der Waals surface area contributed by atoms with E-state index in [0.29, 0.717) is 33.1 Å². The molecule has 4 N–H and O–H groups in total. The van der Waals surface area contributed by atoms with Crippen LogP contribution in [-0.4, -0.2) is 26.4 Å². The third-order valence-electron chi connectivity index (χ3n) is 4.75. The van der Waals surface area contributed by atoms with Crippen LogP contribution in [0.15, 0.2) is 51.4 Å². The summed E-state index contributed by atoms with van der Waals surface area (Å²) >= 11 is 1.30. The number of hydrogen-bond donors (Lipinski definition) is 4. The fraction of sp³-hybridized carbons (Fsp3) is 0.150. The van der Waals surface area contributed by atoms with Gasteiger partial charge in [0, 0.05) is 17.3 Å². The summed E-state index contributed by atoms with van der Waals surface area (Å²) in [5.74, 6) is -0.632. The van der Waals surface area contributed by atoms with Gasteiger partial charge in [0.15, 0.2) is 0 Å². The van der Waals surface area contributed by atoms with Crippen molar-refractivity contribution in [2.24, 2.45) is 0 Å². The van der Waals surface area contributed by atoms with Crippen molar-refractivity contribution in [3.05, 3.63) is 95.4 Å². The van der Waals surface area contributed by atoms with Crippen molar-refractivity contribution in [3.8, 4) is 5.75 Å². The van der Waals surface area contributed by atoms with Gasteiger partial charge in [0.05, 0.1) is 11.1 Å². The molecule has 3 heterocycles. The van der Waals surface area contributed by atoms with E-state index in [0.717, 1.165) is 5.56 Å². The van der Waals surface area contributed by atoms with E-state index >= 15 is 0 Å². The first kappa shape index (κ1) is 18.8. The van der Waals surface area contributed by atoms with Crippen molar-refractivity contribution in [2.75, 3.05) is 0 Å². The minimum absolute atomic E-state index is 0.291. The molecule has 29 heavy (non-hydrogen) atoms. The topological polar surface area (TPSA) is 124 Å². The van der Waals surface area contributed by atoms with Gasteiger partial charge in [-0.3, -0.25) is 19.8 Å². The molecule has 0 radical (unpaired) electrons. The maximum atomic E-state index is 12.4. The van der Waals surface area contributed by atoms with Crippen LogP contribution in [0, 0.1) is 13.8 Å². The second kappa shape index (κ2) is 7.44. The number of aromatic nitrogens is 4. The molecule has 0 aliphatic heterocycles. The Bertz CT molecular complexity index is 1200. The molecule has 1 aromatic carbocycles. The molecule has 0 fully saturated rings. The maximum absolute atomic E-state index is 12.4. The van der Waals surface area contributed by atoms with Gasteiger partial charge in [-0.25, -0.2) is 4.79 Å². The summed E-state index contributed by atoms with van der Waals surface area (Å²) in [5, 5.41) is 12.6. The zero-order valence-electron chi connectivity index (χ0n) is 15.7. The first-order valence-electron chi connectivity index (χ1n) is 8.85. The van der Waals surface area contributed by atoms with Gasteiger partial charge < -0.3 is 14.9 Å². The number of aryl methyl sites for hydroxylation is 2. The second-order valence-corrected chi connectivity index (χ2v) is 7.55. The summed E-state index contributed by atoms with van der Waals surface area (Å²) in [4.78, 5) is 37.5. The monoisotopic (exact) mass is 410 g/mol. The predicted octanol–water partition coefficient (Wildman–Crippen LogP) is 2.80. The highest BCUT2D eigenvalue weighted by atomic mass is 32.1. The Morgan fingerprint density at radius 3 is 1.93 bits per heavy atom. The maximum Gasteiger partial charge on any atom is 0.353 e. The SMILES string of the molecule is Cc1[nH][nH]c(=O)c1C(c1ccc(OC(=O)c2cccs2)cc1)c1c(C)[nH][nH]c1=O. The van der Waals surface area contributed by atoms with Crippen molar-refractivity contribution < 1.29 is 9.53 Å². The number of hydrogen-bond acceptors (Lipinski definition) is 5. The van der Waals surface area contributed by atoms with Crippen LogP contribution >= 0.6 is 11.3 Å². The number of benzene rings is 1. The Balaban J connectivity index is 1.73. The Hall–Kier alpha value is -3.59. The highest BCUT2D eigenvalue weighted by Gasteiger charge is 2.28. The highest BCUT2D eigenvalue weighted by Crippen LogP contribution is 2.32. The molecule has 0 unspecified atom stereocenters. The van der Waals surface area contributed by atoms with Crippen LogP contribution in [0.5, 0.6) is 5.75 Å². The number of thiophene rings is 1. The lowest BCUT2D eigenvalue weighted by Crippen LogP contribution is -2.20. The minimum atomic E-state index is -0.581. The number of nitrogens with one attached hydrogen (secondary N) is 4. The van der Waals surface area contributed by atoms with Gasteiger partial charge in [0.1, 0.15) is 10.6 Å². The van der Waals surface area contributed by atoms with Crippen LogP contribution in [0.25, 0.3) is 0 Å². The van der Waals surface area contributed by atoms with Crippen molar-refractivity contribution in [3.63, 3.8) is 0 Å². The van der Waals surface area contributed by atoms with Crippen LogP contribution in [0.1, 0.15) is 43.7 Å². The molecule has 9 heteroatoms. The molecule has 8 nitrogen and oxygen atoms in total. The van der Waals surface area contributed by atoms with Gasteiger partial charge in [-0.1, -0.05) is 18.2 Å². The molecule has 0 bridgehead atoms. The van der Waals surface area contributed by atoms with Crippen molar-refractivity contribution in [1.82, 2.24) is 20.4 Å². The average molecular weight is 410 g/mol. The fourth-order valence-electron chi connectivity index (χ4n) is 3.36. The van der Waals surface area contributed by atoms with Crippen molar-refractivity contribution in [2.45, 2.75) is 19.8 Å². The van der Waals surface area contributed by atoms with Crippen LogP contribution in [0.3, 0.4) is 0 Å². The van der Waals surface area contributed by atoms with Crippen molar-refractivity contribution in [1.29, 1.82) is 0 Å². The molecule has 0 amide bonds. The van der Waals surface area contributed by atoms with Gasteiger partial charge >= 0.3 is 5.97 Å². The molecule has 4 rings (SSSR count). The first-order valence-corrected chi connectivity index (χ1v) is 9.73. The Morgan fingerprint density at radius 2 is 1.48 bits per heavy atom. The number of carbonyl (C=O) groups excluding carboxylic acids is 1. The molecule has 0 saturated carbocycles. The van der Waals surface area contributed by atoms with Crippen LogP contribution < -0.4 is 15.9 Å². The zero-order chi connectivity index (χ0) is 20.5. The third-order valence-corrected chi connectivity index (χ3v) is 5.60. The average Bonchev–Trinajstić information content (AvgIpc) is 3.42. The van der Waals surface area contributed by atoms with E-state index in [1.165, 1.54) is 11.3 Å². The number of H-pyrrole nitrogens is 4. The standard InChI is InChI=1S/C20H18N4O4S/c1-10-15(18(25)23-21-10)17(16-11(2)22-24-19(16)26)12-5-7-13(8-6-12)28-20(27)14-4-3-9-29-14/h3-9,17H,1-2H3,(H2,21,23,25)(H2,22,24,26). The first-order chi connectivity index (χ1) is 14.0. The molecule has 0 atom stereocenters. The number of rotatable bonds is 5. The van der Waals surface area contributed by atoms with E-state index < -0.39 is 11.9 Å². The Kier molecular flexibility index (Phi) is 4.81. The van der Waals surface area contributed by atoms with E-state index in [1.807, 2.05) is 0 Å². The molecule has 0 saturated heterocycles. The summed E-state index contributed by atoms with van der Waals surface area (Å²) in [7, 11) is 0. The lowest BCUT2D eigenvalue weighted by atomic mass is 9.85. The van der Waals surface area contributed by atoms with Gasteiger partial charge in [-0.05, 0) is 43.0 Å². The third kappa shape index (κ3) is 3.47. The normalized spacial score (nSPS) is 11.1. The summed E-state index contributed by atoms with van der Waals surface area (Å²) in [6, 6.07) is 10.3. The van der Waals surface area contributed by atoms with Gasteiger partial charge in [-0.2, -0.15) is 0 Å². The molecule has 3 aromatic heterocycles. The predicted molar refractivity (Wildman–Crippen MR) is 109 cm³/mol. The lowest BCUT2D eigenvalue weighted by molar-refractivity contribution is 0.0740. The minimum Gasteiger partial charge on any atom is -0.422 e. The molecule has 0 aliphatic carbocycles. The number of aromatic amines is 4. The summed E-state index contributed by atoms with van der Waals surface area (Å²) in [5.41, 5.74) is 2.35. The fourth-order valence-corrected chi connectivity index (χ4v) is 3.96. The Labute approximate surface area is 168 Å². The van der Waals surface area contributed by atoms with E-state index in [2.05, 4.69) is 20.4 Å². The summed E-state index contributed by atoms with van der Waals surface area (Å²) in [6.07, 6.45) is 0. The quantitative estimate of drug-likeness (QED) is 0.298. The van der Waals surface area contributed by atoms with E-state index in [4.69, 9.17) is 4.74 Å². The lowest BCUT2D eigenvalue weighted by Gasteiger charge is -2.16. The smallest absolute Gasteiger partial charge is 0.353 e. The van der Waals surface area contributed by atoms with Crippen LogP contribution in [-0.2, 0) is 0 Å². The highest BCUT2D eigenvalue weighted by molar-refractivity contribution is 7.12. The molecular formula is C20H18N4O4S. The largest absolute Gasteiger partial charge is 0.422 e. The number of carbonyl (C=O) groups is 1. The van der Waals surface area contributed by atoms with E-state index in [-0.39, 0.29) is 11.1 Å². The van der Waals surface area contributed by atoms with Crippen LogP contribution in [0.4, 0.5) is 0 Å². The van der Waals surface area contributed by atoms with Gasteiger partial charge in [-0.15, -0.1) is 11.3 Å². The number of esters is 1. The molecule has 0 spiro atoms. The second-order valence-electron chi connectivity index (χ2n) is 6.60. The van der Waals surface area contributed by atoms with E-state index in [9.17, 15) is 14.4 Å². The summed E-state index contributed by atoms with van der Waals surface area (Å²) < 4.78 is 5.39. The molecule has 0 aliphatic rings. The van der Waals surface area contributed by atoms with E-state index in [1.54, 1.807) is 55.6 Å². The molecular weight excluding hydrogens is 392 g/mol.